The monoisotopic (exact) mass is 307 g/mol. The van der Waals surface area contributed by atoms with E-state index >= 15 is 0 Å². The molecule has 1 aliphatic rings. The molecule has 1 N–H and O–H groups in total. The molecule has 1 aromatic heterocycles. The van der Waals surface area contributed by atoms with Gasteiger partial charge in [-0.1, -0.05) is 27.7 Å². The highest BCUT2D eigenvalue weighted by atomic mass is 32.2. The summed E-state index contributed by atoms with van der Waals surface area (Å²) in [4.78, 5) is 8.42. The van der Waals surface area contributed by atoms with E-state index in [1.165, 1.54) is 25.7 Å². The Balaban J connectivity index is 2.05. The molecule has 1 fully saturated rings. The molecule has 4 heteroatoms. The predicted molar refractivity (Wildman–Crippen MR) is 90.6 cm³/mol. The Morgan fingerprint density at radius 2 is 2.14 bits per heavy atom. The zero-order valence-electron chi connectivity index (χ0n) is 13.8. The van der Waals surface area contributed by atoms with Crippen LogP contribution in [0.25, 0.3) is 0 Å². The van der Waals surface area contributed by atoms with Crippen molar-refractivity contribution in [2.24, 2.45) is 11.3 Å². The van der Waals surface area contributed by atoms with Gasteiger partial charge in [-0.15, -0.1) is 11.8 Å². The van der Waals surface area contributed by atoms with Crippen molar-refractivity contribution in [3.05, 3.63) is 18.6 Å². The highest BCUT2D eigenvalue weighted by Gasteiger charge is 2.36. The maximum Gasteiger partial charge on any atom is 0.116 e. The molecular formula is C17H29N3S. The van der Waals surface area contributed by atoms with E-state index in [0.717, 1.165) is 17.5 Å². The van der Waals surface area contributed by atoms with Gasteiger partial charge < -0.3 is 5.32 Å². The van der Waals surface area contributed by atoms with Gasteiger partial charge in [0.15, 0.2) is 0 Å². The molecule has 0 saturated heterocycles. The molecule has 0 aromatic carbocycles. The van der Waals surface area contributed by atoms with Crippen LogP contribution in [0.4, 0.5) is 0 Å². The second kappa shape index (κ2) is 7.59. The largest absolute Gasteiger partial charge is 0.313 e. The predicted octanol–water partition coefficient (Wildman–Crippen LogP) is 4.15. The molecule has 21 heavy (non-hydrogen) atoms. The molecule has 0 radical (unpaired) electrons. The zero-order valence-corrected chi connectivity index (χ0v) is 14.6. The zero-order chi connectivity index (χ0) is 15.3. The summed E-state index contributed by atoms with van der Waals surface area (Å²) in [5, 5.41) is 5.47. The van der Waals surface area contributed by atoms with Crippen LogP contribution in [-0.2, 0) is 0 Å². The van der Waals surface area contributed by atoms with Crippen LogP contribution in [0.1, 0.15) is 53.4 Å². The van der Waals surface area contributed by atoms with Crippen molar-refractivity contribution in [1.82, 2.24) is 15.3 Å². The Kier molecular flexibility index (Phi) is 6.06. The molecule has 1 aromatic rings. The Hall–Kier alpha value is -0.610. The Morgan fingerprint density at radius 3 is 2.76 bits per heavy atom. The molecule has 118 valence electrons. The number of rotatable bonds is 5. The summed E-state index contributed by atoms with van der Waals surface area (Å²) in [6.45, 7) is 10.5. The molecular weight excluding hydrogens is 278 g/mol. The lowest BCUT2D eigenvalue weighted by molar-refractivity contribution is 0.165. The number of nitrogens with zero attached hydrogens (tertiary/aromatic N) is 2. The molecule has 0 spiro atoms. The third-order valence-corrected chi connectivity index (χ3v) is 5.81. The van der Waals surface area contributed by atoms with Crippen LogP contribution in [-0.4, -0.2) is 27.8 Å². The molecule has 3 nitrogen and oxygen atoms in total. The summed E-state index contributed by atoms with van der Waals surface area (Å²) >= 11 is 1.93. The van der Waals surface area contributed by atoms with E-state index in [1.807, 2.05) is 24.0 Å². The summed E-state index contributed by atoms with van der Waals surface area (Å²) in [5.41, 5.74) is 0.403. The van der Waals surface area contributed by atoms with Crippen LogP contribution < -0.4 is 5.32 Å². The fourth-order valence-electron chi connectivity index (χ4n) is 3.11. The first-order valence-corrected chi connectivity index (χ1v) is 9.04. The topological polar surface area (TPSA) is 37.8 Å². The normalized spacial score (nSPS) is 26.8. The van der Waals surface area contributed by atoms with Gasteiger partial charge in [0.25, 0.3) is 0 Å². The minimum absolute atomic E-state index is 0.403. The summed E-state index contributed by atoms with van der Waals surface area (Å²) in [6, 6.07) is 2.64. The Bertz CT molecular complexity index is 416. The van der Waals surface area contributed by atoms with Crippen molar-refractivity contribution < 1.29 is 0 Å². The minimum atomic E-state index is 0.403. The van der Waals surface area contributed by atoms with Crippen molar-refractivity contribution >= 4 is 11.8 Å². The second-order valence-corrected chi connectivity index (χ2v) is 8.40. The fourth-order valence-corrected chi connectivity index (χ4v) is 4.40. The van der Waals surface area contributed by atoms with E-state index in [1.54, 1.807) is 6.33 Å². The van der Waals surface area contributed by atoms with Gasteiger partial charge in [0, 0.05) is 17.5 Å². The van der Waals surface area contributed by atoms with Gasteiger partial charge in [-0.25, -0.2) is 9.97 Å². The van der Waals surface area contributed by atoms with Crippen molar-refractivity contribution in [3.8, 4) is 0 Å². The molecule has 3 atom stereocenters. The average molecular weight is 308 g/mol. The third kappa shape index (κ3) is 4.96. The van der Waals surface area contributed by atoms with Crippen LogP contribution in [0.2, 0.25) is 0 Å². The van der Waals surface area contributed by atoms with Gasteiger partial charge in [-0.05, 0) is 49.6 Å². The lowest BCUT2D eigenvalue weighted by Crippen LogP contribution is -2.45. The first-order valence-electron chi connectivity index (χ1n) is 8.16. The first-order chi connectivity index (χ1) is 10.0. The summed E-state index contributed by atoms with van der Waals surface area (Å²) < 4.78 is 0. The van der Waals surface area contributed by atoms with Gasteiger partial charge in [-0.3, -0.25) is 0 Å². The summed E-state index contributed by atoms with van der Waals surface area (Å²) in [6.07, 6.45) is 8.59. The lowest BCUT2D eigenvalue weighted by atomic mass is 9.71. The molecule has 0 aliphatic heterocycles. The SMILES string of the molecule is CCCNC1CCC(C(C)(C)C)CC1Sc1ccncn1. The number of hydrogen-bond acceptors (Lipinski definition) is 4. The van der Waals surface area contributed by atoms with Crippen LogP contribution in [0.15, 0.2) is 23.6 Å². The summed E-state index contributed by atoms with van der Waals surface area (Å²) in [7, 11) is 0. The van der Waals surface area contributed by atoms with Crippen LogP contribution >= 0.6 is 11.8 Å². The third-order valence-electron chi connectivity index (χ3n) is 4.50. The van der Waals surface area contributed by atoms with Crippen molar-refractivity contribution in [2.45, 2.75) is 69.7 Å². The molecule has 1 heterocycles. The molecule has 0 amide bonds. The van der Waals surface area contributed by atoms with Crippen molar-refractivity contribution in [1.29, 1.82) is 0 Å². The van der Waals surface area contributed by atoms with Gasteiger partial charge >= 0.3 is 0 Å². The molecule has 3 unspecified atom stereocenters. The maximum absolute atomic E-state index is 4.40. The second-order valence-electron chi connectivity index (χ2n) is 7.14. The maximum atomic E-state index is 4.40. The van der Waals surface area contributed by atoms with Gasteiger partial charge in [0.2, 0.25) is 0 Å². The molecule has 2 rings (SSSR count). The van der Waals surface area contributed by atoms with E-state index < -0.39 is 0 Å². The van der Waals surface area contributed by atoms with Gasteiger partial charge in [0.05, 0.1) is 5.03 Å². The van der Waals surface area contributed by atoms with Crippen molar-refractivity contribution in [2.75, 3.05) is 6.54 Å². The van der Waals surface area contributed by atoms with E-state index in [2.05, 4.69) is 43.0 Å². The lowest BCUT2D eigenvalue weighted by Gasteiger charge is -2.41. The van der Waals surface area contributed by atoms with Crippen molar-refractivity contribution in [3.63, 3.8) is 0 Å². The highest BCUT2D eigenvalue weighted by Crippen LogP contribution is 2.42. The number of hydrogen-bond donors (Lipinski definition) is 1. The van der Waals surface area contributed by atoms with E-state index in [0.29, 0.717) is 16.7 Å². The van der Waals surface area contributed by atoms with Gasteiger partial charge in [0.1, 0.15) is 6.33 Å². The highest BCUT2D eigenvalue weighted by molar-refractivity contribution is 7.99. The Labute approximate surface area is 133 Å². The standard InChI is InChI=1S/C17H29N3S/c1-5-9-19-14-7-6-13(17(2,3)4)11-15(14)21-16-8-10-18-12-20-16/h8,10,12-15,19H,5-7,9,11H2,1-4H3. The first kappa shape index (κ1) is 16.8. The van der Waals surface area contributed by atoms with Crippen LogP contribution in [0, 0.1) is 11.3 Å². The smallest absolute Gasteiger partial charge is 0.116 e. The van der Waals surface area contributed by atoms with Crippen LogP contribution in [0.3, 0.4) is 0 Å². The van der Waals surface area contributed by atoms with Crippen LogP contribution in [0.5, 0.6) is 0 Å². The number of aromatic nitrogens is 2. The van der Waals surface area contributed by atoms with E-state index in [4.69, 9.17) is 0 Å². The summed E-state index contributed by atoms with van der Waals surface area (Å²) in [5.74, 6) is 0.802. The molecule has 0 bridgehead atoms. The number of thioether (sulfide) groups is 1. The van der Waals surface area contributed by atoms with Gasteiger partial charge in [-0.2, -0.15) is 0 Å². The minimum Gasteiger partial charge on any atom is -0.313 e. The average Bonchev–Trinajstić information content (AvgIpc) is 2.46. The number of nitrogens with one attached hydrogen (secondary N) is 1. The van der Waals surface area contributed by atoms with E-state index in [9.17, 15) is 0 Å². The Morgan fingerprint density at radius 1 is 1.33 bits per heavy atom. The molecule has 1 aliphatic carbocycles. The quantitative estimate of drug-likeness (QED) is 0.829. The fraction of sp³-hybridized carbons (Fsp3) is 0.765. The van der Waals surface area contributed by atoms with E-state index in [-0.39, 0.29) is 0 Å². The molecule has 1 saturated carbocycles.